The summed E-state index contributed by atoms with van der Waals surface area (Å²) in [5.74, 6) is -2.93. The number of ether oxygens (including phenoxy) is 1. The minimum absolute atomic E-state index is 0.0262. The third-order valence-corrected chi connectivity index (χ3v) is 3.81. The molecule has 0 fully saturated rings. The van der Waals surface area contributed by atoms with E-state index in [1.807, 2.05) is 0 Å². The second-order valence-electron chi connectivity index (χ2n) is 5.43. The molecule has 1 heterocycles. The summed E-state index contributed by atoms with van der Waals surface area (Å²) in [6.45, 7) is -0.393. The number of nitrogens with one attached hydrogen (secondary N) is 1. The molecule has 2 aromatic carbocycles. The molecule has 0 saturated carbocycles. The highest BCUT2D eigenvalue weighted by Crippen LogP contribution is 2.31. The van der Waals surface area contributed by atoms with E-state index in [1.54, 1.807) is 6.07 Å². The van der Waals surface area contributed by atoms with Crippen molar-refractivity contribution in [3.63, 3.8) is 0 Å². The van der Waals surface area contributed by atoms with Crippen molar-refractivity contribution in [2.24, 2.45) is 0 Å². The van der Waals surface area contributed by atoms with Crippen LogP contribution in [0, 0.1) is 17.5 Å². The number of carbonyl (C=O) groups excluding carboxylic acids is 1. The lowest BCUT2D eigenvalue weighted by molar-refractivity contribution is -0.127. The van der Waals surface area contributed by atoms with E-state index in [2.05, 4.69) is 5.32 Å². The van der Waals surface area contributed by atoms with Crippen LogP contribution < -0.4 is 10.1 Å². The highest BCUT2D eigenvalue weighted by molar-refractivity contribution is 5.82. The van der Waals surface area contributed by atoms with Crippen LogP contribution in [0.2, 0.25) is 0 Å². The van der Waals surface area contributed by atoms with Gasteiger partial charge in [-0.05, 0) is 18.2 Å². The van der Waals surface area contributed by atoms with Gasteiger partial charge in [0.05, 0.1) is 5.56 Å². The molecule has 0 unspecified atom stereocenters. The van der Waals surface area contributed by atoms with Gasteiger partial charge in [-0.25, -0.2) is 13.2 Å². The smallest absolute Gasteiger partial charge is 0.261 e. The predicted molar refractivity (Wildman–Crippen MR) is 78.8 cm³/mol. The van der Waals surface area contributed by atoms with E-state index in [0.717, 1.165) is 12.1 Å². The van der Waals surface area contributed by atoms with E-state index in [1.165, 1.54) is 18.2 Å². The van der Waals surface area contributed by atoms with Gasteiger partial charge in [0, 0.05) is 18.5 Å². The van der Waals surface area contributed by atoms with Crippen LogP contribution in [0.25, 0.3) is 0 Å². The summed E-state index contributed by atoms with van der Waals surface area (Å²) in [7, 11) is 0. The number of rotatable bonds is 4. The Kier molecular flexibility index (Phi) is 4.44. The van der Waals surface area contributed by atoms with Crippen molar-refractivity contribution >= 4 is 5.91 Å². The fraction of sp³-hybridized carbons (Fsp3) is 0.235. The summed E-state index contributed by atoms with van der Waals surface area (Å²) >= 11 is 0. The van der Waals surface area contributed by atoms with Gasteiger partial charge in [-0.15, -0.1) is 0 Å². The first kappa shape index (κ1) is 16.3. The lowest BCUT2D eigenvalue weighted by atomic mass is 10.1. The summed E-state index contributed by atoms with van der Waals surface area (Å²) in [6, 6.07) is 7.60. The van der Waals surface area contributed by atoms with E-state index in [0.29, 0.717) is 5.56 Å². The second kappa shape index (κ2) is 6.52. The maximum Gasteiger partial charge on any atom is 0.261 e. The Labute approximate surface area is 135 Å². The summed E-state index contributed by atoms with van der Waals surface area (Å²) in [6.07, 6.45) is -2.31. The average Bonchev–Trinajstić information content (AvgIpc) is 2.98. The molecule has 0 aromatic heterocycles. The van der Waals surface area contributed by atoms with Crippen molar-refractivity contribution in [3.05, 3.63) is 65.0 Å². The SMILES string of the molecule is O=C(NC[C@H](O)c1c(F)cccc1F)[C@@H]1Cc2cccc(F)c2O1. The molecular formula is C17H14F3NO3. The van der Waals surface area contributed by atoms with Crippen LogP contribution in [0.1, 0.15) is 17.2 Å². The van der Waals surface area contributed by atoms with Crippen LogP contribution >= 0.6 is 0 Å². The van der Waals surface area contributed by atoms with Gasteiger partial charge in [0.15, 0.2) is 17.7 Å². The Hall–Kier alpha value is -2.54. The molecule has 0 radical (unpaired) electrons. The number of aliphatic hydroxyl groups is 1. The summed E-state index contributed by atoms with van der Waals surface area (Å²) in [4.78, 5) is 12.1. The van der Waals surface area contributed by atoms with Crippen LogP contribution in [-0.2, 0) is 11.2 Å². The monoisotopic (exact) mass is 337 g/mol. The molecule has 4 nitrogen and oxygen atoms in total. The lowest BCUT2D eigenvalue weighted by Gasteiger charge is -2.16. The van der Waals surface area contributed by atoms with Gasteiger partial charge in [-0.3, -0.25) is 4.79 Å². The van der Waals surface area contributed by atoms with Crippen molar-refractivity contribution in [1.29, 1.82) is 0 Å². The minimum atomic E-state index is -1.55. The molecule has 1 aliphatic heterocycles. The highest BCUT2D eigenvalue weighted by atomic mass is 19.1. The number of benzene rings is 2. The van der Waals surface area contributed by atoms with E-state index in [-0.39, 0.29) is 12.2 Å². The molecule has 3 rings (SSSR count). The molecule has 0 bridgehead atoms. The molecule has 2 N–H and O–H groups in total. The number of hydrogen-bond donors (Lipinski definition) is 2. The number of halogens is 3. The Morgan fingerprint density at radius 1 is 1.17 bits per heavy atom. The van der Waals surface area contributed by atoms with Crippen molar-refractivity contribution in [1.82, 2.24) is 5.32 Å². The zero-order valence-electron chi connectivity index (χ0n) is 12.4. The zero-order valence-corrected chi connectivity index (χ0v) is 12.4. The van der Waals surface area contributed by atoms with Crippen molar-refractivity contribution in [2.45, 2.75) is 18.6 Å². The number of amides is 1. The molecule has 0 aliphatic carbocycles. The van der Waals surface area contributed by atoms with Crippen molar-refractivity contribution in [2.75, 3.05) is 6.54 Å². The standard InChI is InChI=1S/C17H14F3NO3/c18-10-4-2-5-11(19)15(10)13(22)8-21-17(23)14-7-9-3-1-6-12(20)16(9)24-14/h1-6,13-14,22H,7-8H2,(H,21,23)/t13-,14-/m0/s1. The molecule has 1 amide bonds. The van der Waals surface area contributed by atoms with Gasteiger partial charge in [-0.1, -0.05) is 18.2 Å². The summed E-state index contributed by atoms with van der Waals surface area (Å²) < 4.78 is 46.0. The molecule has 2 aromatic rings. The Bertz CT molecular complexity index is 761. The van der Waals surface area contributed by atoms with Crippen LogP contribution in [0.4, 0.5) is 13.2 Å². The Balaban J connectivity index is 1.62. The zero-order chi connectivity index (χ0) is 17.3. The Morgan fingerprint density at radius 3 is 2.46 bits per heavy atom. The first-order valence-corrected chi connectivity index (χ1v) is 7.31. The van der Waals surface area contributed by atoms with Gasteiger partial charge >= 0.3 is 0 Å². The molecular weight excluding hydrogens is 323 g/mol. The van der Waals surface area contributed by atoms with Crippen LogP contribution in [0.3, 0.4) is 0 Å². The average molecular weight is 337 g/mol. The van der Waals surface area contributed by atoms with Crippen LogP contribution in [-0.4, -0.2) is 23.7 Å². The largest absolute Gasteiger partial charge is 0.477 e. The first-order chi connectivity index (χ1) is 11.5. The van der Waals surface area contributed by atoms with Crippen molar-refractivity contribution < 1.29 is 27.8 Å². The molecule has 7 heteroatoms. The number of para-hydroxylation sites is 1. The van der Waals surface area contributed by atoms with E-state index in [9.17, 15) is 23.1 Å². The lowest BCUT2D eigenvalue weighted by Crippen LogP contribution is -2.39. The van der Waals surface area contributed by atoms with Gasteiger partial charge in [-0.2, -0.15) is 0 Å². The molecule has 0 saturated heterocycles. The number of carbonyl (C=O) groups is 1. The maximum atomic E-state index is 13.6. The summed E-state index contributed by atoms with van der Waals surface area (Å²) in [5.41, 5.74) is 0.0512. The fourth-order valence-corrected chi connectivity index (χ4v) is 2.62. The second-order valence-corrected chi connectivity index (χ2v) is 5.43. The number of fused-ring (bicyclic) bond motifs is 1. The third kappa shape index (κ3) is 3.07. The van der Waals surface area contributed by atoms with Gasteiger partial charge in [0.25, 0.3) is 5.91 Å². The predicted octanol–water partition coefficient (Wildman–Crippen LogP) is 2.26. The third-order valence-electron chi connectivity index (χ3n) is 3.81. The first-order valence-electron chi connectivity index (χ1n) is 7.31. The minimum Gasteiger partial charge on any atom is -0.477 e. The molecule has 2 atom stereocenters. The van der Waals surface area contributed by atoms with Gasteiger partial charge in [0.1, 0.15) is 17.7 Å². The normalized spacial score (nSPS) is 17.1. The van der Waals surface area contributed by atoms with Crippen molar-refractivity contribution in [3.8, 4) is 5.75 Å². The molecule has 0 spiro atoms. The Morgan fingerprint density at radius 2 is 1.79 bits per heavy atom. The molecule has 126 valence electrons. The summed E-state index contributed by atoms with van der Waals surface area (Å²) in [5, 5.41) is 12.3. The van der Waals surface area contributed by atoms with Gasteiger partial charge in [0.2, 0.25) is 0 Å². The fourth-order valence-electron chi connectivity index (χ4n) is 2.62. The van der Waals surface area contributed by atoms with Crippen LogP contribution in [0.5, 0.6) is 5.75 Å². The number of hydrogen-bond acceptors (Lipinski definition) is 3. The molecule has 24 heavy (non-hydrogen) atoms. The molecule has 1 aliphatic rings. The van der Waals surface area contributed by atoms with Gasteiger partial charge < -0.3 is 15.2 Å². The van der Waals surface area contributed by atoms with E-state index < -0.39 is 47.7 Å². The van der Waals surface area contributed by atoms with Crippen LogP contribution in [0.15, 0.2) is 36.4 Å². The van der Waals surface area contributed by atoms with E-state index >= 15 is 0 Å². The quantitative estimate of drug-likeness (QED) is 0.900. The number of aliphatic hydroxyl groups excluding tert-OH is 1. The van der Waals surface area contributed by atoms with E-state index in [4.69, 9.17) is 4.74 Å². The highest BCUT2D eigenvalue weighted by Gasteiger charge is 2.31. The topological polar surface area (TPSA) is 58.6 Å². The maximum absolute atomic E-state index is 13.6.